The molecule has 0 unspecified atom stereocenters. The number of rotatable bonds is 6. The summed E-state index contributed by atoms with van der Waals surface area (Å²) in [7, 11) is 0. The van der Waals surface area contributed by atoms with Crippen molar-refractivity contribution in [2.45, 2.75) is 6.18 Å². The van der Waals surface area contributed by atoms with Crippen LogP contribution in [-0.2, 0) is 6.18 Å². The summed E-state index contributed by atoms with van der Waals surface area (Å²) >= 11 is 0. The van der Waals surface area contributed by atoms with Crippen LogP contribution in [0.15, 0.2) is 91.3 Å². The van der Waals surface area contributed by atoms with E-state index in [1.807, 2.05) is 0 Å². The van der Waals surface area contributed by atoms with Crippen molar-refractivity contribution in [2.75, 3.05) is 5.32 Å². The summed E-state index contributed by atoms with van der Waals surface area (Å²) in [5.74, 6) is -1.80. The van der Waals surface area contributed by atoms with Gasteiger partial charge >= 0.3 is 12.1 Å². The number of amides is 1. The number of anilines is 1. The standard InChI is InChI=1S/C27H17F3N6O3/c28-27(29,30)22-14-21(20-8-3-11-31-15-20)35-36(22)24-10-9-23(33-34-24)32-25(37)18-6-1-4-16(12-18)17-5-2-7-19(13-17)26(38)39/h1-15H,(H,38,39)(H,32,33,37). The minimum atomic E-state index is -4.71. The van der Waals surface area contributed by atoms with Gasteiger partial charge in [0, 0.05) is 23.5 Å². The van der Waals surface area contributed by atoms with Gasteiger partial charge in [-0.25, -0.2) is 9.48 Å². The van der Waals surface area contributed by atoms with Crippen LogP contribution >= 0.6 is 0 Å². The minimum absolute atomic E-state index is 0.00947. The number of halogens is 3. The molecule has 2 aromatic carbocycles. The van der Waals surface area contributed by atoms with Crippen LogP contribution in [0.2, 0.25) is 0 Å². The van der Waals surface area contributed by atoms with Crippen LogP contribution in [0.5, 0.6) is 0 Å². The summed E-state index contributed by atoms with van der Waals surface area (Å²) in [4.78, 5) is 28.0. The number of nitrogens with one attached hydrogen (secondary N) is 1. The molecule has 3 aromatic heterocycles. The smallest absolute Gasteiger partial charge is 0.433 e. The zero-order valence-corrected chi connectivity index (χ0v) is 19.8. The SMILES string of the molecule is O=C(O)c1cccc(-c2cccc(C(=O)Nc3ccc(-n4nc(-c5cccnc5)cc4C(F)(F)F)nn3)c2)c1. The zero-order chi connectivity index (χ0) is 27.6. The van der Waals surface area contributed by atoms with E-state index in [1.54, 1.807) is 48.5 Å². The Balaban J connectivity index is 1.38. The molecule has 0 bridgehead atoms. The van der Waals surface area contributed by atoms with Gasteiger partial charge in [0.1, 0.15) is 0 Å². The molecule has 0 saturated carbocycles. The van der Waals surface area contributed by atoms with Gasteiger partial charge in [0.2, 0.25) is 0 Å². The summed E-state index contributed by atoms with van der Waals surface area (Å²) in [6.45, 7) is 0. The van der Waals surface area contributed by atoms with Crippen molar-refractivity contribution in [2.24, 2.45) is 0 Å². The van der Waals surface area contributed by atoms with Gasteiger partial charge in [-0.15, -0.1) is 10.2 Å². The summed E-state index contributed by atoms with van der Waals surface area (Å²) in [6, 6.07) is 19.4. The molecule has 0 aliphatic carbocycles. The molecule has 0 radical (unpaired) electrons. The molecule has 0 aliphatic rings. The molecule has 194 valence electrons. The molecule has 9 nitrogen and oxygen atoms in total. The molecule has 0 spiro atoms. The van der Waals surface area contributed by atoms with Crippen molar-refractivity contribution in [3.8, 4) is 28.2 Å². The Morgan fingerprint density at radius 2 is 1.51 bits per heavy atom. The average Bonchev–Trinajstić information content (AvgIpc) is 3.41. The fourth-order valence-corrected chi connectivity index (χ4v) is 3.78. The number of benzene rings is 2. The highest BCUT2D eigenvalue weighted by molar-refractivity contribution is 6.04. The number of hydrogen-bond donors (Lipinski definition) is 2. The Kier molecular flexibility index (Phi) is 6.59. The molecule has 5 rings (SSSR count). The molecule has 0 saturated heterocycles. The second-order valence-electron chi connectivity index (χ2n) is 8.26. The van der Waals surface area contributed by atoms with E-state index in [0.29, 0.717) is 21.4 Å². The molecule has 0 atom stereocenters. The maximum absolute atomic E-state index is 13.7. The summed E-state index contributed by atoms with van der Waals surface area (Å²) in [6.07, 6.45) is -1.82. The van der Waals surface area contributed by atoms with Crippen molar-refractivity contribution >= 4 is 17.7 Å². The second-order valence-corrected chi connectivity index (χ2v) is 8.26. The molecule has 0 fully saturated rings. The molecular weight excluding hydrogens is 513 g/mol. The summed E-state index contributed by atoms with van der Waals surface area (Å²) in [5, 5.41) is 23.5. The van der Waals surface area contributed by atoms with E-state index in [0.717, 1.165) is 6.07 Å². The van der Waals surface area contributed by atoms with Crippen LogP contribution in [0, 0.1) is 0 Å². The maximum atomic E-state index is 13.7. The average molecular weight is 530 g/mol. The van der Waals surface area contributed by atoms with E-state index in [1.165, 1.54) is 36.7 Å². The fraction of sp³-hybridized carbons (Fsp3) is 0.0370. The number of carboxylic acids is 1. The Labute approximate surface area is 218 Å². The van der Waals surface area contributed by atoms with Gasteiger partial charge in [0.05, 0.1) is 11.3 Å². The van der Waals surface area contributed by atoms with Crippen molar-refractivity contribution in [3.05, 3.63) is 108 Å². The molecule has 39 heavy (non-hydrogen) atoms. The number of carboxylic acid groups (broad SMARTS) is 1. The molecule has 3 heterocycles. The lowest BCUT2D eigenvalue weighted by Gasteiger charge is -2.10. The number of aromatic nitrogens is 5. The lowest BCUT2D eigenvalue weighted by Crippen LogP contribution is -2.16. The predicted octanol–water partition coefficient (Wildman–Crippen LogP) is 5.36. The predicted molar refractivity (Wildman–Crippen MR) is 134 cm³/mol. The van der Waals surface area contributed by atoms with E-state index in [2.05, 4.69) is 25.6 Å². The van der Waals surface area contributed by atoms with Crippen LogP contribution in [0.25, 0.3) is 28.2 Å². The number of hydrogen-bond acceptors (Lipinski definition) is 6. The van der Waals surface area contributed by atoms with Crippen molar-refractivity contribution in [1.82, 2.24) is 25.0 Å². The van der Waals surface area contributed by atoms with Crippen LogP contribution in [-0.4, -0.2) is 41.9 Å². The highest BCUT2D eigenvalue weighted by Gasteiger charge is 2.37. The molecule has 0 aliphatic heterocycles. The van der Waals surface area contributed by atoms with Crippen LogP contribution in [0.3, 0.4) is 0 Å². The molecule has 1 amide bonds. The normalized spacial score (nSPS) is 11.3. The Hall–Kier alpha value is -5.39. The third-order valence-corrected chi connectivity index (χ3v) is 5.63. The first-order valence-corrected chi connectivity index (χ1v) is 11.4. The van der Waals surface area contributed by atoms with Crippen LogP contribution < -0.4 is 5.32 Å². The van der Waals surface area contributed by atoms with Crippen LogP contribution in [0.1, 0.15) is 26.4 Å². The summed E-state index contributed by atoms with van der Waals surface area (Å²) in [5.41, 5.74) is 1.01. The van der Waals surface area contributed by atoms with Crippen LogP contribution in [0.4, 0.5) is 19.0 Å². The number of nitrogens with zero attached hydrogens (tertiary/aromatic N) is 5. The number of carbonyl (C=O) groups excluding carboxylic acids is 1. The highest BCUT2D eigenvalue weighted by atomic mass is 19.4. The van der Waals surface area contributed by atoms with E-state index < -0.39 is 23.7 Å². The first-order chi connectivity index (χ1) is 18.7. The molecule has 2 N–H and O–H groups in total. The monoisotopic (exact) mass is 530 g/mol. The number of pyridine rings is 1. The Morgan fingerprint density at radius 1 is 0.821 bits per heavy atom. The molecule has 5 aromatic rings. The number of alkyl halides is 3. The van der Waals surface area contributed by atoms with E-state index in [4.69, 9.17) is 0 Å². The summed E-state index contributed by atoms with van der Waals surface area (Å²) < 4.78 is 41.8. The number of aromatic carboxylic acids is 1. The fourth-order valence-electron chi connectivity index (χ4n) is 3.78. The zero-order valence-electron chi connectivity index (χ0n) is 19.8. The minimum Gasteiger partial charge on any atom is -0.478 e. The third kappa shape index (κ3) is 5.49. The van der Waals surface area contributed by atoms with Gasteiger partial charge in [-0.1, -0.05) is 24.3 Å². The third-order valence-electron chi connectivity index (χ3n) is 5.63. The quantitative estimate of drug-likeness (QED) is 0.303. The highest BCUT2D eigenvalue weighted by Crippen LogP contribution is 2.33. The van der Waals surface area contributed by atoms with Gasteiger partial charge in [-0.3, -0.25) is 9.78 Å². The molecular formula is C27H17F3N6O3. The van der Waals surface area contributed by atoms with Gasteiger partial charge < -0.3 is 10.4 Å². The van der Waals surface area contributed by atoms with Crippen molar-refractivity contribution < 1.29 is 27.9 Å². The first kappa shape index (κ1) is 25.3. The second kappa shape index (κ2) is 10.2. The number of carbonyl (C=O) groups is 2. The van der Waals surface area contributed by atoms with Crippen molar-refractivity contribution in [3.63, 3.8) is 0 Å². The molecule has 12 heteroatoms. The van der Waals surface area contributed by atoms with Crippen molar-refractivity contribution in [1.29, 1.82) is 0 Å². The van der Waals surface area contributed by atoms with E-state index >= 15 is 0 Å². The van der Waals surface area contributed by atoms with Gasteiger partial charge in [0.15, 0.2) is 17.3 Å². The van der Waals surface area contributed by atoms with E-state index in [9.17, 15) is 27.9 Å². The largest absolute Gasteiger partial charge is 0.478 e. The lowest BCUT2D eigenvalue weighted by molar-refractivity contribution is -0.142. The maximum Gasteiger partial charge on any atom is 0.433 e. The van der Waals surface area contributed by atoms with Gasteiger partial charge in [0.25, 0.3) is 5.91 Å². The Bertz CT molecular complexity index is 1670. The van der Waals surface area contributed by atoms with Gasteiger partial charge in [-0.2, -0.15) is 18.3 Å². The van der Waals surface area contributed by atoms with Gasteiger partial charge in [-0.05, 0) is 65.7 Å². The topological polar surface area (TPSA) is 123 Å². The van der Waals surface area contributed by atoms with E-state index in [-0.39, 0.29) is 28.5 Å². The first-order valence-electron chi connectivity index (χ1n) is 11.4. The Morgan fingerprint density at radius 3 is 2.13 bits per heavy atom. The lowest BCUT2D eigenvalue weighted by atomic mass is 10.0.